The molecule has 0 amide bonds. The molecule has 4 nitrogen and oxygen atoms in total. The minimum absolute atomic E-state index is 0.220. The van der Waals surface area contributed by atoms with E-state index in [-0.39, 0.29) is 12.5 Å². The number of benzene rings is 1. The maximum Gasteiger partial charge on any atom is 0.231 e. The van der Waals surface area contributed by atoms with E-state index in [0.717, 1.165) is 31.4 Å². The van der Waals surface area contributed by atoms with Gasteiger partial charge in [0.1, 0.15) is 5.75 Å². The minimum atomic E-state index is 0.220. The van der Waals surface area contributed by atoms with E-state index < -0.39 is 0 Å². The number of unbranched alkanes of at least 4 members (excludes halogenated alkanes) is 2. The monoisotopic (exact) mass is 247 g/mol. The highest BCUT2D eigenvalue weighted by Gasteiger charge is 2.16. The summed E-state index contributed by atoms with van der Waals surface area (Å²) in [5.41, 5.74) is 0.816. The lowest BCUT2D eigenvalue weighted by Gasteiger charge is -2.07. The van der Waals surface area contributed by atoms with Crippen LogP contribution in [0.4, 0.5) is 0 Å². The van der Waals surface area contributed by atoms with Crippen LogP contribution in [0.25, 0.3) is 0 Å². The fourth-order valence-electron chi connectivity index (χ4n) is 1.82. The van der Waals surface area contributed by atoms with Crippen molar-refractivity contribution in [3.8, 4) is 29.6 Å². The van der Waals surface area contributed by atoms with Crippen molar-refractivity contribution in [3.63, 3.8) is 0 Å². The molecule has 2 rings (SSSR count). The van der Waals surface area contributed by atoms with Gasteiger partial charge in [-0.05, 0) is 25.5 Å². The van der Waals surface area contributed by atoms with E-state index in [0.29, 0.717) is 18.0 Å². The van der Waals surface area contributed by atoms with Crippen LogP contribution in [0.5, 0.6) is 17.2 Å². The topological polar surface area (TPSA) is 50.7 Å². The van der Waals surface area contributed by atoms with E-state index in [4.69, 9.17) is 15.9 Å². The summed E-state index contributed by atoms with van der Waals surface area (Å²) < 4.78 is 10.5. The lowest BCUT2D eigenvalue weighted by molar-refractivity contribution is 0.174. The molecule has 0 saturated carbocycles. The zero-order valence-corrected chi connectivity index (χ0v) is 10.2. The van der Waals surface area contributed by atoms with Gasteiger partial charge in [0.2, 0.25) is 6.79 Å². The van der Waals surface area contributed by atoms with Crippen LogP contribution in [-0.4, -0.2) is 18.4 Å². The molecule has 96 valence electrons. The van der Waals surface area contributed by atoms with Crippen molar-refractivity contribution in [3.05, 3.63) is 17.7 Å². The smallest absolute Gasteiger partial charge is 0.231 e. The van der Waals surface area contributed by atoms with Crippen LogP contribution in [0.15, 0.2) is 12.1 Å². The normalized spacial score (nSPS) is 12.4. The first-order chi connectivity index (χ1) is 8.81. The first-order valence-corrected chi connectivity index (χ1v) is 6.07. The maximum absolute atomic E-state index is 9.81. The van der Waals surface area contributed by atoms with E-state index in [1.165, 1.54) is 0 Å². The highest BCUT2D eigenvalue weighted by molar-refractivity contribution is 5.51. The number of fused-ring (bicyclic) bond motifs is 1. The summed E-state index contributed by atoms with van der Waals surface area (Å²) in [7, 11) is 0. The van der Waals surface area contributed by atoms with Crippen molar-refractivity contribution < 1.29 is 14.6 Å². The van der Waals surface area contributed by atoms with Crippen molar-refractivity contribution in [1.82, 2.24) is 5.32 Å². The first-order valence-electron chi connectivity index (χ1n) is 6.07. The van der Waals surface area contributed by atoms with Gasteiger partial charge >= 0.3 is 0 Å². The number of phenolic OH excluding ortho intramolecular Hbond substituents is 1. The quantitative estimate of drug-likeness (QED) is 0.596. The van der Waals surface area contributed by atoms with Crippen LogP contribution in [0.1, 0.15) is 24.8 Å². The van der Waals surface area contributed by atoms with E-state index in [9.17, 15) is 5.11 Å². The molecule has 0 bridgehead atoms. The number of ether oxygens (including phenoxy) is 2. The molecule has 0 saturated heterocycles. The third-order valence-electron chi connectivity index (χ3n) is 2.81. The zero-order valence-electron chi connectivity index (χ0n) is 10.2. The van der Waals surface area contributed by atoms with Crippen LogP contribution in [0.3, 0.4) is 0 Å². The Hall–Kier alpha value is -1.86. The number of rotatable bonds is 6. The van der Waals surface area contributed by atoms with Crippen LogP contribution in [0, 0.1) is 12.3 Å². The van der Waals surface area contributed by atoms with Gasteiger partial charge in [-0.3, -0.25) is 0 Å². The average Bonchev–Trinajstić information content (AvgIpc) is 2.80. The number of hydrogen-bond donors (Lipinski definition) is 2. The highest BCUT2D eigenvalue weighted by atomic mass is 16.7. The Bertz CT molecular complexity index is 451. The minimum Gasteiger partial charge on any atom is -0.507 e. The summed E-state index contributed by atoms with van der Waals surface area (Å²) in [4.78, 5) is 0. The van der Waals surface area contributed by atoms with Crippen molar-refractivity contribution >= 4 is 0 Å². The molecule has 1 aromatic carbocycles. The summed E-state index contributed by atoms with van der Waals surface area (Å²) in [6.07, 6.45) is 8.06. The van der Waals surface area contributed by atoms with Crippen LogP contribution >= 0.6 is 0 Å². The summed E-state index contributed by atoms with van der Waals surface area (Å²) in [5.74, 6) is 4.14. The van der Waals surface area contributed by atoms with Gasteiger partial charge in [0.05, 0.1) is 0 Å². The van der Waals surface area contributed by atoms with Gasteiger partial charge < -0.3 is 19.9 Å². The zero-order chi connectivity index (χ0) is 12.8. The van der Waals surface area contributed by atoms with Crippen molar-refractivity contribution in [2.75, 3.05) is 13.3 Å². The second-order valence-electron chi connectivity index (χ2n) is 4.17. The number of nitrogens with one attached hydrogen (secondary N) is 1. The van der Waals surface area contributed by atoms with Gasteiger partial charge in [-0.1, -0.05) is 0 Å². The van der Waals surface area contributed by atoms with Gasteiger partial charge in [-0.2, -0.15) is 0 Å². The largest absolute Gasteiger partial charge is 0.507 e. The third-order valence-corrected chi connectivity index (χ3v) is 2.81. The molecule has 0 atom stereocenters. The summed E-state index contributed by atoms with van der Waals surface area (Å²) >= 11 is 0. The molecule has 1 aliphatic heterocycles. The Morgan fingerprint density at radius 1 is 1.28 bits per heavy atom. The molecule has 1 aliphatic rings. The van der Waals surface area contributed by atoms with E-state index in [1.54, 1.807) is 6.07 Å². The Labute approximate surface area is 107 Å². The molecule has 4 heteroatoms. The lowest BCUT2D eigenvalue weighted by atomic mass is 10.1. The van der Waals surface area contributed by atoms with Crippen LogP contribution in [-0.2, 0) is 6.54 Å². The maximum atomic E-state index is 9.81. The SMILES string of the molecule is C#CCCCCNCc1cc2c(cc1O)OCO2. The molecule has 0 fully saturated rings. The van der Waals surface area contributed by atoms with Crippen molar-refractivity contribution in [2.45, 2.75) is 25.8 Å². The van der Waals surface area contributed by atoms with E-state index >= 15 is 0 Å². The molecule has 1 heterocycles. The summed E-state index contributed by atoms with van der Waals surface area (Å²) in [5, 5.41) is 13.1. The Morgan fingerprint density at radius 3 is 2.83 bits per heavy atom. The van der Waals surface area contributed by atoms with E-state index in [1.807, 2.05) is 6.07 Å². The Balaban J connectivity index is 1.81. The first kappa shape index (κ1) is 12.6. The molecular weight excluding hydrogens is 230 g/mol. The standard InChI is InChI=1S/C14H17NO3/c1-2-3-4-5-6-15-9-11-7-13-14(8-12(11)16)18-10-17-13/h1,7-8,15-16H,3-6,9-10H2. The molecule has 0 spiro atoms. The number of phenols is 1. The number of aromatic hydroxyl groups is 1. The molecule has 2 N–H and O–H groups in total. The highest BCUT2D eigenvalue weighted by Crippen LogP contribution is 2.37. The predicted molar refractivity (Wildman–Crippen MR) is 68.6 cm³/mol. The molecular formula is C14H17NO3. The van der Waals surface area contributed by atoms with Crippen LogP contribution in [0.2, 0.25) is 0 Å². The summed E-state index contributed by atoms with van der Waals surface area (Å²) in [6, 6.07) is 3.41. The molecule has 18 heavy (non-hydrogen) atoms. The predicted octanol–water partition coefficient (Wildman–Crippen LogP) is 2.01. The second kappa shape index (κ2) is 6.18. The summed E-state index contributed by atoms with van der Waals surface area (Å²) in [6.45, 7) is 1.71. The number of terminal acetylenes is 1. The molecule has 0 unspecified atom stereocenters. The molecule has 0 aromatic heterocycles. The third kappa shape index (κ3) is 3.08. The van der Waals surface area contributed by atoms with Gasteiger partial charge in [0.15, 0.2) is 11.5 Å². The van der Waals surface area contributed by atoms with Crippen LogP contribution < -0.4 is 14.8 Å². The van der Waals surface area contributed by atoms with Crippen molar-refractivity contribution in [1.29, 1.82) is 0 Å². The van der Waals surface area contributed by atoms with Crippen molar-refractivity contribution in [2.24, 2.45) is 0 Å². The fourth-order valence-corrected chi connectivity index (χ4v) is 1.82. The average molecular weight is 247 g/mol. The lowest BCUT2D eigenvalue weighted by Crippen LogP contribution is -2.14. The molecule has 0 aliphatic carbocycles. The molecule has 1 aromatic rings. The van der Waals surface area contributed by atoms with Gasteiger partial charge in [0.25, 0.3) is 0 Å². The molecule has 0 radical (unpaired) electrons. The Morgan fingerprint density at radius 2 is 2.06 bits per heavy atom. The Kier molecular flexibility index (Phi) is 4.32. The number of hydrogen-bond acceptors (Lipinski definition) is 4. The fraction of sp³-hybridized carbons (Fsp3) is 0.429. The second-order valence-corrected chi connectivity index (χ2v) is 4.17. The van der Waals surface area contributed by atoms with E-state index in [2.05, 4.69) is 11.2 Å². The van der Waals surface area contributed by atoms with Gasteiger partial charge in [0, 0.05) is 24.6 Å². The van der Waals surface area contributed by atoms with Gasteiger partial charge in [-0.25, -0.2) is 0 Å². The van der Waals surface area contributed by atoms with Gasteiger partial charge in [-0.15, -0.1) is 12.3 Å².